The summed E-state index contributed by atoms with van der Waals surface area (Å²) in [5.41, 5.74) is 0.267. The molecule has 9 heteroatoms. The summed E-state index contributed by atoms with van der Waals surface area (Å²) in [5.74, 6) is 0.296. The van der Waals surface area contributed by atoms with E-state index in [4.69, 9.17) is 14.0 Å². The Labute approximate surface area is 165 Å². The van der Waals surface area contributed by atoms with Gasteiger partial charge in [0.25, 0.3) is 5.91 Å². The summed E-state index contributed by atoms with van der Waals surface area (Å²) >= 11 is 0. The van der Waals surface area contributed by atoms with Crippen LogP contribution in [-0.2, 0) is 14.3 Å². The van der Waals surface area contributed by atoms with Crippen molar-refractivity contribution in [3.05, 3.63) is 17.5 Å². The van der Waals surface area contributed by atoms with Crippen LogP contribution in [0.2, 0.25) is 0 Å². The van der Waals surface area contributed by atoms with Crippen molar-refractivity contribution < 1.29 is 23.6 Å². The summed E-state index contributed by atoms with van der Waals surface area (Å²) in [5, 5.41) is 6.75. The minimum atomic E-state index is -0.228. The normalized spacial score (nSPS) is 20.2. The summed E-state index contributed by atoms with van der Waals surface area (Å²) in [6.45, 7) is 7.96. The van der Waals surface area contributed by atoms with Gasteiger partial charge in [-0.2, -0.15) is 0 Å². The maximum Gasteiger partial charge on any atom is 0.276 e. The lowest BCUT2D eigenvalue weighted by Crippen LogP contribution is -2.42. The fraction of sp³-hybridized carbons (Fsp3) is 0.737. The molecule has 3 rings (SSSR count). The van der Waals surface area contributed by atoms with E-state index in [-0.39, 0.29) is 30.0 Å². The van der Waals surface area contributed by atoms with Crippen LogP contribution in [0.25, 0.3) is 0 Å². The molecule has 0 bridgehead atoms. The van der Waals surface area contributed by atoms with E-state index in [0.717, 1.165) is 52.3 Å². The van der Waals surface area contributed by atoms with Crippen molar-refractivity contribution in [2.45, 2.75) is 32.3 Å². The Balaban J connectivity index is 1.45. The third-order valence-electron chi connectivity index (χ3n) is 5.04. The monoisotopic (exact) mass is 394 g/mol. The number of aryl methyl sites for hydroxylation is 1. The van der Waals surface area contributed by atoms with Crippen molar-refractivity contribution in [3.8, 4) is 0 Å². The minimum Gasteiger partial charge on any atom is -0.379 e. The summed E-state index contributed by atoms with van der Waals surface area (Å²) in [7, 11) is 0. The van der Waals surface area contributed by atoms with Gasteiger partial charge >= 0.3 is 0 Å². The molecule has 0 spiro atoms. The molecule has 1 N–H and O–H groups in total. The van der Waals surface area contributed by atoms with Gasteiger partial charge in [0.1, 0.15) is 5.76 Å². The lowest BCUT2D eigenvalue weighted by Gasteiger charge is -2.26. The van der Waals surface area contributed by atoms with Crippen molar-refractivity contribution in [1.29, 1.82) is 0 Å². The van der Waals surface area contributed by atoms with Crippen LogP contribution >= 0.6 is 0 Å². The molecule has 156 valence electrons. The Bertz CT molecular complexity index is 638. The first-order valence-electron chi connectivity index (χ1n) is 10.0. The standard InChI is InChI=1S/C19H30N4O5/c1-15-13-17(21-28-15)19(25)23(14-16-3-2-10-27-16)6-4-18(24)20-5-7-22-8-11-26-12-9-22/h13,16H,2-12,14H2,1H3,(H,20,24). The van der Waals surface area contributed by atoms with Gasteiger partial charge in [0, 0.05) is 58.4 Å². The zero-order valence-electron chi connectivity index (χ0n) is 16.5. The largest absolute Gasteiger partial charge is 0.379 e. The zero-order valence-corrected chi connectivity index (χ0v) is 16.5. The van der Waals surface area contributed by atoms with E-state index in [1.165, 1.54) is 0 Å². The van der Waals surface area contributed by atoms with Crippen LogP contribution in [0, 0.1) is 6.92 Å². The maximum absolute atomic E-state index is 12.8. The van der Waals surface area contributed by atoms with Gasteiger partial charge in [-0.1, -0.05) is 5.16 Å². The molecule has 9 nitrogen and oxygen atoms in total. The highest BCUT2D eigenvalue weighted by Gasteiger charge is 2.25. The first kappa shape index (κ1) is 20.8. The Hall–Kier alpha value is -1.97. The van der Waals surface area contributed by atoms with Gasteiger partial charge in [-0.05, 0) is 19.8 Å². The second-order valence-electron chi connectivity index (χ2n) is 7.26. The zero-order chi connectivity index (χ0) is 19.8. The second kappa shape index (κ2) is 10.5. The molecule has 2 saturated heterocycles. The number of ether oxygens (including phenoxy) is 2. The molecule has 2 aliphatic rings. The lowest BCUT2D eigenvalue weighted by atomic mass is 10.2. The molecule has 2 amide bonds. The fourth-order valence-corrected chi connectivity index (χ4v) is 3.44. The second-order valence-corrected chi connectivity index (χ2v) is 7.26. The average Bonchev–Trinajstić information content (AvgIpc) is 3.37. The van der Waals surface area contributed by atoms with Gasteiger partial charge in [-0.3, -0.25) is 14.5 Å². The summed E-state index contributed by atoms with van der Waals surface area (Å²) in [6, 6.07) is 1.62. The van der Waals surface area contributed by atoms with Crippen molar-refractivity contribution in [2.75, 3.05) is 59.1 Å². The molecule has 0 radical (unpaired) electrons. The molecule has 28 heavy (non-hydrogen) atoms. The molecule has 0 saturated carbocycles. The predicted octanol–water partition coefficient (Wildman–Crippen LogP) is 0.443. The lowest BCUT2D eigenvalue weighted by molar-refractivity contribution is -0.121. The first-order valence-corrected chi connectivity index (χ1v) is 10.0. The van der Waals surface area contributed by atoms with Gasteiger partial charge in [0.15, 0.2) is 5.69 Å². The van der Waals surface area contributed by atoms with Crippen molar-refractivity contribution in [3.63, 3.8) is 0 Å². The third kappa shape index (κ3) is 6.29. The number of morpholine rings is 1. The molecular formula is C19H30N4O5. The molecule has 1 atom stereocenters. The molecular weight excluding hydrogens is 364 g/mol. The summed E-state index contributed by atoms with van der Waals surface area (Å²) in [6.07, 6.45) is 2.19. The molecule has 1 unspecified atom stereocenters. The molecule has 2 fully saturated rings. The molecule has 1 aromatic heterocycles. The molecule has 0 aliphatic carbocycles. The highest BCUT2D eigenvalue weighted by atomic mass is 16.5. The van der Waals surface area contributed by atoms with Crippen LogP contribution in [-0.4, -0.2) is 92.0 Å². The average molecular weight is 394 g/mol. The predicted molar refractivity (Wildman–Crippen MR) is 101 cm³/mol. The van der Waals surface area contributed by atoms with E-state index in [0.29, 0.717) is 25.4 Å². The molecule has 1 aromatic rings. The van der Waals surface area contributed by atoms with Crippen LogP contribution in [0.1, 0.15) is 35.5 Å². The number of nitrogens with zero attached hydrogens (tertiary/aromatic N) is 3. The van der Waals surface area contributed by atoms with Gasteiger partial charge < -0.3 is 24.2 Å². The number of carbonyl (C=O) groups excluding carboxylic acids is 2. The summed E-state index contributed by atoms with van der Waals surface area (Å²) < 4.78 is 16.0. The highest BCUT2D eigenvalue weighted by Crippen LogP contribution is 2.15. The smallest absolute Gasteiger partial charge is 0.276 e. The van der Waals surface area contributed by atoms with E-state index in [1.54, 1.807) is 17.9 Å². The molecule has 3 heterocycles. The minimum absolute atomic E-state index is 0.0151. The maximum atomic E-state index is 12.8. The quantitative estimate of drug-likeness (QED) is 0.649. The third-order valence-corrected chi connectivity index (χ3v) is 5.04. The molecule has 2 aliphatic heterocycles. The number of rotatable bonds is 9. The van der Waals surface area contributed by atoms with Crippen LogP contribution in [0.3, 0.4) is 0 Å². The van der Waals surface area contributed by atoms with Crippen LogP contribution in [0.15, 0.2) is 10.6 Å². The van der Waals surface area contributed by atoms with E-state index in [9.17, 15) is 9.59 Å². The Morgan fingerprint density at radius 2 is 2.14 bits per heavy atom. The number of aromatic nitrogens is 1. The fourth-order valence-electron chi connectivity index (χ4n) is 3.44. The van der Waals surface area contributed by atoms with E-state index in [1.807, 2.05) is 0 Å². The van der Waals surface area contributed by atoms with Gasteiger partial charge in [0.2, 0.25) is 5.91 Å². The van der Waals surface area contributed by atoms with Crippen LogP contribution in [0.5, 0.6) is 0 Å². The number of carbonyl (C=O) groups is 2. The first-order chi connectivity index (χ1) is 13.6. The van der Waals surface area contributed by atoms with Gasteiger partial charge in [-0.25, -0.2) is 0 Å². The number of amides is 2. The van der Waals surface area contributed by atoms with Crippen molar-refractivity contribution >= 4 is 11.8 Å². The van der Waals surface area contributed by atoms with Gasteiger partial charge in [0.05, 0.1) is 19.3 Å². The number of hydrogen-bond acceptors (Lipinski definition) is 7. The van der Waals surface area contributed by atoms with Crippen LogP contribution in [0.4, 0.5) is 0 Å². The van der Waals surface area contributed by atoms with E-state index < -0.39 is 0 Å². The van der Waals surface area contributed by atoms with Crippen LogP contribution < -0.4 is 5.32 Å². The van der Waals surface area contributed by atoms with E-state index in [2.05, 4.69) is 15.4 Å². The highest BCUT2D eigenvalue weighted by molar-refractivity contribution is 5.92. The SMILES string of the molecule is Cc1cc(C(=O)N(CCC(=O)NCCN2CCOCC2)CC2CCCO2)no1. The number of hydrogen-bond donors (Lipinski definition) is 1. The Kier molecular flexibility index (Phi) is 7.81. The Morgan fingerprint density at radius 1 is 1.32 bits per heavy atom. The Morgan fingerprint density at radius 3 is 2.82 bits per heavy atom. The number of nitrogens with one attached hydrogen (secondary N) is 1. The van der Waals surface area contributed by atoms with E-state index >= 15 is 0 Å². The topological polar surface area (TPSA) is 97.1 Å². The van der Waals surface area contributed by atoms with Crippen molar-refractivity contribution in [1.82, 2.24) is 20.3 Å². The summed E-state index contributed by atoms with van der Waals surface area (Å²) in [4.78, 5) is 28.9. The van der Waals surface area contributed by atoms with Crippen molar-refractivity contribution in [2.24, 2.45) is 0 Å². The van der Waals surface area contributed by atoms with Gasteiger partial charge in [-0.15, -0.1) is 0 Å². The molecule has 0 aromatic carbocycles.